The average molecular weight is 428 g/mol. The molecule has 1 aliphatic heterocycles. The largest absolute Gasteiger partial charge is 0.378 e. The molecule has 7 nitrogen and oxygen atoms in total. The van der Waals surface area contributed by atoms with Crippen molar-refractivity contribution in [3.63, 3.8) is 0 Å². The molecule has 1 saturated heterocycles. The molecule has 3 aromatic carbocycles. The summed E-state index contributed by atoms with van der Waals surface area (Å²) in [5.41, 5.74) is 4.84. The summed E-state index contributed by atoms with van der Waals surface area (Å²) in [6.45, 7) is 3.26. The van der Waals surface area contributed by atoms with Crippen molar-refractivity contribution in [3.8, 4) is 11.3 Å². The van der Waals surface area contributed by atoms with Crippen LogP contribution in [-0.2, 0) is 4.74 Å². The maximum Gasteiger partial charge on any atom is 0.253 e. The number of nitrogens with zero attached hydrogens (tertiary/aromatic N) is 2. The first-order valence-corrected chi connectivity index (χ1v) is 10.6. The lowest BCUT2D eigenvalue weighted by Crippen LogP contribution is -2.36. The second-order valence-electron chi connectivity index (χ2n) is 7.77. The molecule has 1 aromatic heterocycles. The molecule has 1 aliphatic rings. The molecular weight excluding hydrogens is 404 g/mol. The Kier molecular flexibility index (Phi) is 5.58. The van der Waals surface area contributed by atoms with Crippen LogP contribution in [0.4, 0.5) is 5.69 Å². The molecule has 0 spiro atoms. The van der Waals surface area contributed by atoms with Gasteiger partial charge in [-0.05, 0) is 30.3 Å². The molecule has 0 radical (unpaired) electrons. The third-order valence-corrected chi connectivity index (χ3v) is 5.73. The number of nitrogens with one attached hydrogen (secondary N) is 2. The minimum absolute atomic E-state index is 0.349. The van der Waals surface area contributed by atoms with Gasteiger partial charge in [0.25, 0.3) is 5.91 Å². The Morgan fingerprint density at radius 2 is 1.78 bits per heavy atom. The number of carbonyl (C=O) groups is 1. The number of hydrogen-bond donors (Lipinski definition) is 3. The summed E-state index contributed by atoms with van der Waals surface area (Å²) in [5, 5.41) is 21.3. The van der Waals surface area contributed by atoms with Crippen molar-refractivity contribution in [1.82, 2.24) is 15.5 Å². The zero-order chi connectivity index (χ0) is 21.9. The normalized spacial score (nSPS) is 15.0. The molecule has 32 heavy (non-hydrogen) atoms. The molecule has 1 fully saturated rings. The highest BCUT2D eigenvalue weighted by molar-refractivity contribution is 6.01. The maximum atomic E-state index is 12.7. The molecule has 1 unspecified atom stereocenters. The topological polar surface area (TPSA) is 90.5 Å². The van der Waals surface area contributed by atoms with Crippen molar-refractivity contribution in [2.24, 2.45) is 0 Å². The summed E-state index contributed by atoms with van der Waals surface area (Å²) in [4.78, 5) is 15.0. The number of aliphatic hydroxyl groups is 1. The van der Waals surface area contributed by atoms with E-state index in [1.165, 1.54) is 0 Å². The number of aromatic amines is 1. The number of rotatable bonds is 5. The van der Waals surface area contributed by atoms with E-state index in [1.54, 1.807) is 24.3 Å². The van der Waals surface area contributed by atoms with Gasteiger partial charge in [-0.15, -0.1) is 0 Å². The molecular formula is C25H24N4O3. The summed E-state index contributed by atoms with van der Waals surface area (Å²) in [6, 6.07) is 22.7. The van der Waals surface area contributed by atoms with Gasteiger partial charge in [-0.25, -0.2) is 0 Å². The average Bonchev–Trinajstić information content (AvgIpc) is 3.28. The van der Waals surface area contributed by atoms with E-state index in [0.29, 0.717) is 11.1 Å². The van der Waals surface area contributed by atoms with Gasteiger partial charge in [0.1, 0.15) is 0 Å². The highest BCUT2D eigenvalue weighted by atomic mass is 16.5. The number of ether oxygens (including phenoxy) is 1. The number of hydrogen-bond acceptors (Lipinski definition) is 5. The number of fused-ring (bicyclic) bond motifs is 1. The first kappa shape index (κ1) is 20.2. The Bertz CT molecular complexity index is 1220. The fourth-order valence-electron chi connectivity index (χ4n) is 3.95. The predicted octanol–water partition coefficient (Wildman–Crippen LogP) is 3.49. The smallest absolute Gasteiger partial charge is 0.253 e. The Labute approximate surface area is 185 Å². The Morgan fingerprint density at radius 3 is 2.53 bits per heavy atom. The molecule has 162 valence electrons. The Morgan fingerprint density at radius 1 is 1.03 bits per heavy atom. The van der Waals surface area contributed by atoms with E-state index in [0.717, 1.165) is 54.2 Å². The number of carbonyl (C=O) groups excluding carboxylic acids is 1. The minimum atomic E-state index is -1.07. The lowest BCUT2D eigenvalue weighted by Gasteiger charge is -2.28. The standard InChI is InChI=1S/C25H24N4O3/c30-24(18-4-2-1-3-5-18)26-25(31)19-8-11-22-21(16-19)23(28-27-22)17-6-9-20(10-7-17)29-12-14-32-15-13-29/h1-11,16,24,30H,12-15H2,(H,26,31)(H,27,28). The van der Waals surface area contributed by atoms with Crippen molar-refractivity contribution in [1.29, 1.82) is 0 Å². The summed E-state index contributed by atoms with van der Waals surface area (Å²) < 4.78 is 5.43. The van der Waals surface area contributed by atoms with E-state index in [9.17, 15) is 9.90 Å². The first-order chi connectivity index (χ1) is 15.7. The molecule has 3 N–H and O–H groups in total. The van der Waals surface area contributed by atoms with Gasteiger partial charge < -0.3 is 20.1 Å². The monoisotopic (exact) mass is 428 g/mol. The van der Waals surface area contributed by atoms with Crippen LogP contribution in [-0.4, -0.2) is 47.5 Å². The van der Waals surface area contributed by atoms with Crippen LogP contribution in [0, 0.1) is 0 Å². The molecule has 1 amide bonds. The number of anilines is 1. The zero-order valence-electron chi connectivity index (χ0n) is 17.5. The van der Waals surface area contributed by atoms with Crippen molar-refractivity contribution in [2.45, 2.75) is 6.23 Å². The lowest BCUT2D eigenvalue weighted by molar-refractivity contribution is 0.0783. The fourth-order valence-corrected chi connectivity index (χ4v) is 3.95. The highest BCUT2D eigenvalue weighted by Gasteiger charge is 2.16. The number of morpholine rings is 1. The second-order valence-corrected chi connectivity index (χ2v) is 7.77. The Balaban J connectivity index is 1.38. The van der Waals surface area contributed by atoms with E-state index < -0.39 is 6.23 Å². The van der Waals surface area contributed by atoms with Crippen LogP contribution >= 0.6 is 0 Å². The van der Waals surface area contributed by atoms with Crippen LogP contribution in [0.1, 0.15) is 22.1 Å². The van der Waals surface area contributed by atoms with Crippen LogP contribution in [0.5, 0.6) is 0 Å². The van der Waals surface area contributed by atoms with E-state index in [-0.39, 0.29) is 5.91 Å². The van der Waals surface area contributed by atoms with Crippen LogP contribution in [0.25, 0.3) is 22.2 Å². The summed E-state index contributed by atoms with van der Waals surface area (Å²) in [5.74, 6) is -0.349. The van der Waals surface area contributed by atoms with Gasteiger partial charge >= 0.3 is 0 Å². The number of aromatic nitrogens is 2. The molecule has 0 aliphatic carbocycles. The number of benzene rings is 3. The van der Waals surface area contributed by atoms with Gasteiger partial charge in [-0.1, -0.05) is 42.5 Å². The molecule has 0 bridgehead atoms. The second kappa shape index (κ2) is 8.82. The summed E-state index contributed by atoms with van der Waals surface area (Å²) >= 11 is 0. The number of aliphatic hydroxyl groups excluding tert-OH is 1. The maximum absolute atomic E-state index is 12.7. The van der Waals surface area contributed by atoms with Crippen molar-refractivity contribution in [3.05, 3.63) is 83.9 Å². The van der Waals surface area contributed by atoms with E-state index in [4.69, 9.17) is 4.74 Å². The number of H-pyrrole nitrogens is 1. The SMILES string of the molecule is O=C(NC(O)c1ccccc1)c1ccc2[nH]nc(-c3ccc(N4CCOCC4)cc3)c2c1. The fraction of sp³-hybridized carbons (Fsp3) is 0.200. The van der Waals surface area contributed by atoms with Gasteiger partial charge in [0.05, 0.1) is 24.4 Å². The third-order valence-electron chi connectivity index (χ3n) is 5.73. The molecule has 7 heteroatoms. The van der Waals surface area contributed by atoms with Gasteiger partial charge in [-0.2, -0.15) is 5.10 Å². The van der Waals surface area contributed by atoms with Crippen molar-refractivity contribution < 1.29 is 14.6 Å². The Hall–Kier alpha value is -3.68. The van der Waals surface area contributed by atoms with Crippen molar-refractivity contribution in [2.75, 3.05) is 31.2 Å². The first-order valence-electron chi connectivity index (χ1n) is 10.6. The molecule has 2 heterocycles. The summed E-state index contributed by atoms with van der Waals surface area (Å²) in [6.07, 6.45) is -1.07. The quantitative estimate of drug-likeness (QED) is 0.424. The van der Waals surface area contributed by atoms with Crippen LogP contribution in [0.15, 0.2) is 72.8 Å². The van der Waals surface area contributed by atoms with Gasteiger partial charge in [0.15, 0.2) is 6.23 Å². The minimum Gasteiger partial charge on any atom is -0.378 e. The predicted molar refractivity (Wildman–Crippen MR) is 123 cm³/mol. The van der Waals surface area contributed by atoms with Gasteiger partial charge in [-0.3, -0.25) is 9.89 Å². The molecule has 5 rings (SSSR count). The molecule has 0 saturated carbocycles. The highest BCUT2D eigenvalue weighted by Crippen LogP contribution is 2.29. The van der Waals surface area contributed by atoms with E-state index in [2.05, 4.69) is 32.5 Å². The van der Waals surface area contributed by atoms with Crippen molar-refractivity contribution >= 4 is 22.5 Å². The van der Waals surface area contributed by atoms with Crippen LogP contribution in [0.3, 0.4) is 0 Å². The third kappa shape index (κ3) is 4.08. The molecule has 4 aromatic rings. The van der Waals surface area contributed by atoms with E-state index in [1.807, 2.05) is 36.4 Å². The van der Waals surface area contributed by atoms with Gasteiger partial charge in [0, 0.05) is 40.9 Å². The lowest BCUT2D eigenvalue weighted by atomic mass is 10.0. The summed E-state index contributed by atoms with van der Waals surface area (Å²) in [7, 11) is 0. The molecule has 1 atom stereocenters. The van der Waals surface area contributed by atoms with Gasteiger partial charge in [0.2, 0.25) is 0 Å². The van der Waals surface area contributed by atoms with Crippen LogP contribution < -0.4 is 10.2 Å². The zero-order valence-corrected chi connectivity index (χ0v) is 17.5. The number of amides is 1. The van der Waals surface area contributed by atoms with Crippen LogP contribution in [0.2, 0.25) is 0 Å². The van der Waals surface area contributed by atoms with E-state index >= 15 is 0 Å².